The van der Waals surface area contributed by atoms with Crippen molar-refractivity contribution in [1.82, 2.24) is 4.90 Å². The van der Waals surface area contributed by atoms with Gasteiger partial charge in [-0.05, 0) is 31.6 Å². The molecular formula is C9H16N2. The van der Waals surface area contributed by atoms with Gasteiger partial charge in [-0.1, -0.05) is 0 Å². The molecule has 0 atom stereocenters. The topological polar surface area (TPSA) is 29.3 Å². The summed E-state index contributed by atoms with van der Waals surface area (Å²) in [7, 11) is 0. The Morgan fingerprint density at radius 2 is 2.09 bits per heavy atom. The molecule has 0 aromatic heterocycles. The highest BCUT2D eigenvalue weighted by atomic mass is 15.3. The average molecular weight is 152 g/mol. The van der Waals surface area contributed by atoms with Crippen LogP contribution in [0.1, 0.15) is 25.7 Å². The van der Waals surface area contributed by atoms with Gasteiger partial charge in [0.1, 0.15) is 0 Å². The second-order valence-corrected chi connectivity index (χ2v) is 4.59. The Morgan fingerprint density at radius 3 is 2.64 bits per heavy atom. The molecule has 2 aliphatic heterocycles. The summed E-state index contributed by atoms with van der Waals surface area (Å²) >= 11 is 0. The zero-order valence-corrected chi connectivity index (χ0v) is 6.92. The maximum atomic E-state index is 5.82. The van der Waals surface area contributed by atoms with Crippen molar-refractivity contribution in [2.45, 2.75) is 37.3 Å². The molecule has 0 unspecified atom stereocenters. The van der Waals surface area contributed by atoms with Crippen molar-refractivity contribution in [2.75, 3.05) is 13.1 Å². The Hall–Kier alpha value is -0.0800. The average Bonchev–Trinajstić information content (AvgIpc) is 2.63. The van der Waals surface area contributed by atoms with Crippen LogP contribution in [-0.2, 0) is 0 Å². The van der Waals surface area contributed by atoms with Crippen LogP contribution >= 0.6 is 0 Å². The summed E-state index contributed by atoms with van der Waals surface area (Å²) in [5.74, 6) is 1.01. The van der Waals surface area contributed by atoms with Crippen LogP contribution in [-0.4, -0.2) is 29.6 Å². The monoisotopic (exact) mass is 152 g/mol. The third-order valence-corrected chi connectivity index (χ3v) is 3.77. The van der Waals surface area contributed by atoms with Crippen LogP contribution in [0.5, 0.6) is 0 Å². The lowest BCUT2D eigenvalue weighted by Crippen LogP contribution is -2.52. The molecule has 11 heavy (non-hydrogen) atoms. The zero-order chi connectivity index (χ0) is 7.47. The second kappa shape index (κ2) is 1.80. The van der Waals surface area contributed by atoms with E-state index in [9.17, 15) is 0 Å². The van der Waals surface area contributed by atoms with Gasteiger partial charge in [0.25, 0.3) is 0 Å². The Labute approximate surface area is 67.7 Å². The molecule has 2 saturated heterocycles. The van der Waals surface area contributed by atoms with Crippen LogP contribution in [0.15, 0.2) is 0 Å². The van der Waals surface area contributed by atoms with Crippen molar-refractivity contribution in [3.8, 4) is 0 Å². The van der Waals surface area contributed by atoms with Crippen LogP contribution in [0.3, 0.4) is 0 Å². The van der Waals surface area contributed by atoms with Crippen LogP contribution in [0.2, 0.25) is 0 Å². The lowest BCUT2D eigenvalue weighted by molar-refractivity contribution is 0.110. The Morgan fingerprint density at radius 1 is 1.36 bits per heavy atom. The van der Waals surface area contributed by atoms with Gasteiger partial charge in [-0.3, -0.25) is 4.90 Å². The van der Waals surface area contributed by atoms with Crippen LogP contribution < -0.4 is 5.73 Å². The predicted octanol–water partition coefficient (Wildman–Crippen LogP) is 0.572. The predicted molar refractivity (Wildman–Crippen MR) is 44.2 cm³/mol. The number of hydrogen-bond acceptors (Lipinski definition) is 2. The molecule has 4 rings (SSSR count). The van der Waals surface area contributed by atoms with Gasteiger partial charge in [0, 0.05) is 24.7 Å². The molecule has 4 fully saturated rings. The van der Waals surface area contributed by atoms with Crippen LogP contribution in [0, 0.1) is 5.92 Å². The second-order valence-electron chi connectivity index (χ2n) is 4.59. The maximum absolute atomic E-state index is 5.82. The largest absolute Gasteiger partial charge is 0.329 e. The molecule has 0 aromatic carbocycles. The van der Waals surface area contributed by atoms with Gasteiger partial charge in [0.05, 0.1) is 0 Å². The minimum atomic E-state index is 0.492. The van der Waals surface area contributed by atoms with Gasteiger partial charge in [-0.25, -0.2) is 0 Å². The summed E-state index contributed by atoms with van der Waals surface area (Å²) < 4.78 is 0. The fourth-order valence-corrected chi connectivity index (χ4v) is 3.06. The first-order valence-corrected chi connectivity index (χ1v) is 4.81. The van der Waals surface area contributed by atoms with Crippen molar-refractivity contribution in [3.05, 3.63) is 0 Å². The first-order valence-electron chi connectivity index (χ1n) is 4.81. The van der Waals surface area contributed by atoms with Gasteiger partial charge in [-0.15, -0.1) is 0 Å². The van der Waals surface area contributed by atoms with E-state index < -0.39 is 0 Å². The van der Waals surface area contributed by atoms with Gasteiger partial charge in [0.2, 0.25) is 0 Å². The van der Waals surface area contributed by atoms with E-state index >= 15 is 0 Å². The fourth-order valence-electron chi connectivity index (χ4n) is 3.06. The summed E-state index contributed by atoms with van der Waals surface area (Å²) in [6.07, 6.45) is 5.68. The number of rotatable bonds is 2. The Kier molecular flexibility index (Phi) is 1.06. The molecule has 2 bridgehead atoms. The molecule has 2 saturated carbocycles. The van der Waals surface area contributed by atoms with Crippen molar-refractivity contribution in [1.29, 1.82) is 0 Å². The minimum absolute atomic E-state index is 0.492. The molecule has 4 aliphatic rings. The molecule has 2 nitrogen and oxygen atoms in total. The van der Waals surface area contributed by atoms with Gasteiger partial charge in [0.15, 0.2) is 0 Å². The molecular weight excluding hydrogens is 136 g/mol. The van der Waals surface area contributed by atoms with Gasteiger partial charge in [-0.2, -0.15) is 0 Å². The SMILES string of the molecule is NCC12CC(CN1C1CC1)C2. The lowest BCUT2D eigenvalue weighted by atomic mass is 9.73. The van der Waals surface area contributed by atoms with Crippen molar-refractivity contribution in [2.24, 2.45) is 11.7 Å². The molecule has 2 aliphatic carbocycles. The fraction of sp³-hybridized carbons (Fsp3) is 1.00. The number of fused-ring (bicyclic) bond motifs is 1. The van der Waals surface area contributed by atoms with E-state index in [4.69, 9.17) is 5.73 Å². The van der Waals surface area contributed by atoms with E-state index in [0.29, 0.717) is 5.54 Å². The summed E-state index contributed by atoms with van der Waals surface area (Å²) in [6, 6.07) is 0.936. The smallest absolute Gasteiger partial charge is 0.0341 e. The van der Waals surface area contributed by atoms with E-state index in [1.54, 1.807) is 0 Å². The maximum Gasteiger partial charge on any atom is 0.0341 e. The molecule has 0 amide bonds. The summed E-state index contributed by atoms with van der Waals surface area (Å²) in [5, 5.41) is 0. The van der Waals surface area contributed by atoms with Crippen LogP contribution in [0.4, 0.5) is 0 Å². The normalized spacial score (nSPS) is 49.4. The molecule has 0 aromatic rings. The molecule has 62 valence electrons. The molecule has 0 radical (unpaired) electrons. The number of nitrogens with two attached hydrogens (primary N) is 1. The zero-order valence-electron chi connectivity index (χ0n) is 6.92. The van der Waals surface area contributed by atoms with Gasteiger partial charge >= 0.3 is 0 Å². The third kappa shape index (κ3) is 0.695. The Balaban J connectivity index is 1.83. The highest BCUT2D eigenvalue weighted by Crippen LogP contribution is 2.53. The lowest BCUT2D eigenvalue weighted by Gasteiger charge is -2.41. The highest BCUT2D eigenvalue weighted by molar-refractivity contribution is 5.14. The van der Waals surface area contributed by atoms with E-state index in [2.05, 4.69) is 4.90 Å². The molecule has 2 N–H and O–H groups in total. The summed E-state index contributed by atoms with van der Waals surface area (Å²) in [4.78, 5) is 2.71. The van der Waals surface area contributed by atoms with E-state index in [1.807, 2.05) is 0 Å². The minimum Gasteiger partial charge on any atom is -0.329 e. The molecule has 0 spiro atoms. The summed E-state index contributed by atoms with van der Waals surface area (Å²) in [5.41, 5.74) is 6.31. The first-order chi connectivity index (χ1) is 5.34. The van der Waals surface area contributed by atoms with Crippen LogP contribution in [0.25, 0.3) is 0 Å². The van der Waals surface area contributed by atoms with Crippen molar-refractivity contribution in [3.63, 3.8) is 0 Å². The Bertz CT molecular complexity index is 180. The quantitative estimate of drug-likeness (QED) is 0.627. The van der Waals surface area contributed by atoms with Crippen molar-refractivity contribution < 1.29 is 0 Å². The van der Waals surface area contributed by atoms with Crippen molar-refractivity contribution >= 4 is 0 Å². The van der Waals surface area contributed by atoms with Gasteiger partial charge < -0.3 is 5.73 Å². The van der Waals surface area contributed by atoms with E-state index in [0.717, 1.165) is 18.5 Å². The molecule has 2 heteroatoms. The number of hydrogen-bond donors (Lipinski definition) is 1. The van der Waals surface area contributed by atoms with E-state index in [-0.39, 0.29) is 0 Å². The third-order valence-electron chi connectivity index (χ3n) is 3.77. The molecule has 2 heterocycles. The number of nitrogens with zero attached hydrogens (tertiary/aromatic N) is 1. The van der Waals surface area contributed by atoms with E-state index in [1.165, 1.54) is 32.2 Å². The highest BCUT2D eigenvalue weighted by Gasteiger charge is 2.58. The standard InChI is InChI=1S/C9H16N2/c10-6-9-3-7(4-9)5-11(9)8-1-2-8/h7-8H,1-6,10H2. The summed E-state index contributed by atoms with van der Waals surface area (Å²) in [6.45, 7) is 2.27. The first kappa shape index (κ1) is 6.44.